The first-order valence-corrected chi connectivity index (χ1v) is 4.73. The van der Waals surface area contributed by atoms with Gasteiger partial charge in [-0.3, -0.25) is 4.79 Å². The van der Waals surface area contributed by atoms with E-state index in [2.05, 4.69) is 25.9 Å². The summed E-state index contributed by atoms with van der Waals surface area (Å²) in [5.41, 5.74) is 1.18. The van der Waals surface area contributed by atoms with E-state index in [0.29, 0.717) is 13.0 Å². The van der Waals surface area contributed by atoms with Gasteiger partial charge in [0.2, 0.25) is 5.91 Å². The van der Waals surface area contributed by atoms with Crippen molar-refractivity contribution in [2.45, 2.75) is 40.5 Å². The summed E-state index contributed by atoms with van der Waals surface area (Å²) in [5.74, 6) is 0.153. The third kappa shape index (κ3) is 3.17. The molecule has 3 heteroatoms. The zero-order chi connectivity index (χ0) is 10.1. The first kappa shape index (κ1) is 10.2. The van der Waals surface area contributed by atoms with Crippen LogP contribution in [0, 0.1) is 5.41 Å². The predicted octanol–water partition coefficient (Wildman–Crippen LogP) is 2.03. The molecular weight excluding hydrogens is 164 g/mol. The van der Waals surface area contributed by atoms with Crippen LogP contribution in [-0.2, 0) is 4.79 Å². The number of amides is 1. The van der Waals surface area contributed by atoms with Crippen LogP contribution in [0.15, 0.2) is 5.10 Å². The van der Waals surface area contributed by atoms with Crippen molar-refractivity contribution < 1.29 is 4.79 Å². The van der Waals surface area contributed by atoms with Crippen LogP contribution in [0.2, 0.25) is 0 Å². The van der Waals surface area contributed by atoms with Gasteiger partial charge < -0.3 is 0 Å². The van der Waals surface area contributed by atoms with Crippen molar-refractivity contribution in [1.29, 1.82) is 0 Å². The van der Waals surface area contributed by atoms with Gasteiger partial charge in [0.25, 0.3) is 0 Å². The molecule has 1 rings (SSSR count). The van der Waals surface area contributed by atoms with Crippen molar-refractivity contribution in [3.8, 4) is 0 Å². The van der Waals surface area contributed by atoms with E-state index in [0.717, 1.165) is 12.1 Å². The fourth-order valence-electron chi connectivity index (χ4n) is 1.30. The van der Waals surface area contributed by atoms with Crippen LogP contribution >= 0.6 is 0 Å². The van der Waals surface area contributed by atoms with Crippen molar-refractivity contribution >= 4 is 11.6 Å². The predicted molar refractivity (Wildman–Crippen MR) is 53.5 cm³/mol. The molecule has 0 spiro atoms. The normalized spacial score (nSPS) is 18.9. The highest BCUT2D eigenvalue weighted by Gasteiger charge is 2.23. The molecule has 0 saturated heterocycles. The lowest BCUT2D eigenvalue weighted by Gasteiger charge is -2.28. The molecule has 0 aliphatic carbocycles. The quantitative estimate of drug-likeness (QED) is 0.610. The molecule has 0 aromatic carbocycles. The van der Waals surface area contributed by atoms with Gasteiger partial charge in [-0.1, -0.05) is 20.8 Å². The third-order valence-corrected chi connectivity index (χ3v) is 1.90. The topological polar surface area (TPSA) is 32.7 Å². The first-order valence-electron chi connectivity index (χ1n) is 4.73. The first-order chi connectivity index (χ1) is 5.88. The van der Waals surface area contributed by atoms with E-state index in [1.54, 1.807) is 5.01 Å². The Morgan fingerprint density at radius 1 is 1.38 bits per heavy atom. The molecule has 74 valence electrons. The highest BCUT2D eigenvalue weighted by atomic mass is 16.2. The van der Waals surface area contributed by atoms with E-state index in [-0.39, 0.29) is 11.3 Å². The Balaban J connectivity index is 2.67. The molecule has 1 amide bonds. The number of rotatable bonds is 1. The van der Waals surface area contributed by atoms with Gasteiger partial charge in [0.05, 0.1) is 0 Å². The maximum absolute atomic E-state index is 11.4. The average Bonchev–Trinajstić information content (AvgIpc) is 1.94. The Morgan fingerprint density at radius 2 is 2.00 bits per heavy atom. The van der Waals surface area contributed by atoms with Crippen molar-refractivity contribution in [1.82, 2.24) is 5.01 Å². The Morgan fingerprint density at radius 3 is 2.54 bits per heavy atom. The molecule has 1 aliphatic rings. The fraction of sp³-hybridized carbons (Fsp3) is 0.800. The summed E-state index contributed by atoms with van der Waals surface area (Å²) >= 11 is 0. The summed E-state index contributed by atoms with van der Waals surface area (Å²) < 4.78 is 0. The number of nitrogens with zero attached hydrogens (tertiary/aromatic N) is 2. The van der Waals surface area contributed by atoms with Gasteiger partial charge in [0.15, 0.2) is 0 Å². The highest BCUT2D eigenvalue weighted by Crippen LogP contribution is 2.18. The smallest absolute Gasteiger partial charge is 0.243 e. The van der Waals surface area contributed by atoms with E-state index in [1.807, 2.05) is 6.92 Å². The maximum Gasteiger partial charge on any atom is 0.243 e. The second-order valence-electron chi connectivity index (χ2n) is 4.85. The van der Waals surface area contributed by atoms with E-state index in [4.69, 9.17) is 0 Å². The van der Waals surface area contributed by atoms with Crippen molar-refractivity contribution in [2.75, 3.05) is 6.54 Å². The van der Waals surface area contributed by atoms with Crippen LogP contribution in [0.25, 0.3) is 0 Å². The van der Waals surface area contributed by atoms with Gasteiger partial charge in [-0.15, -0.1) is 0 Å². The van der Waals surface area contributed by atoms with E-state index >= 15 is 0 Å². The monoisotopic (exact) mass is 182 g/mol. The lowest BCUT2D eigenvalue weighted by Crippen LogP contribution is -2.36. The molecular formula is C10H18N2O. The minimum absolute atomic E-state index is 0.122. The molecule has 0 fully saturated rings. The van der Waals surface area contributed by atoms with E-state index in [1.165, 1.54) is 0 Å². The minimum atomic E-state index is 0.122. The largest absolute Gasteiger partial charge is 0.273 e. The lowest BCUT2D eigenvalue weighted by atomic mass is 9.96. The second kappa shape index (κ2) is 3.48. The van der Waals surface area contributed by atoms with Gasteiger partial charge in [-0.05, 0) is 18.8 Å². The molecule has 3 nitrogen and oxygen atoms in total. The van der Waals surface area contributed by atoms with Crippen LogP contribution in [-0.4, -0.2) is 23.2 Å². The molecule has 0 radical (unpaired) electrons. The molecule has 0 saturated carbocycles. The number of hydrogen-bond acceptors (Lipinski definition) is 2. The zero-order valence-electron chi connectivity index (χ0n) is 8.92. The molecule has 0 unspecified atom stereocenters. The van der Waals surface area contributed by atoms with Gasteiger partial charge >= 0.3 is 0 Å². The number of carbonyl (C=O) groups excluding carboxylic acids is 1. The summed E-state index contributed by atoms with van der Waals surface area (Å²) in [6, 6.07) is 0. The summed E-state index contributed by atoms with van der Waals surface area (Å²) in [5, 5.41) is 5.86. The molecule has 0 bridgehead atoms. The summed E-state index contributed by atoms with van der Waals surface area (Å²) in [7, 11) is 0. The maximum atomic E-state index is 11.4. The molecule has 0 N–H and O–H groups in total. The van der Waals surface area contributed by atoms with Crippen molar-refractivity contribution in [3.63, 3.8) is 0 Å². The Hall–Kier alpha value is -0.860. The van der Waals surface area contributed by atoms with Crippen molar-refractivity contribution in [3.05, 3.63) is 0 Å². The number of carbonyl (C=O) groups is 1. The van der Waals surface area contributed by atoms with Gasteiger partial charge in [0.1, 0.15) is 0 Å². The summed E-state index contributed by atoms with van der Waals surface area (Å²) in [6.45, 7) is 9.02. The SMILES string of the molecule is CC1=NN(CC(C)(C)C)C(=O)CC1. The second-order valence-corrected chi connectivity index (χ2v) is 4.85. The average molecular weight is 182 g/mol. The summed E-state index contributed by atoms with van der Waals surface area (Å²) in [6.07, 6.45) is 1.44. The zero-order valence-corrected chi connectivity index (χ0v) is 8.92. The minimum Gasteiger partial charge on any atom is -0.273 e. The Bertz CT molecular complexity index is 238. The van der Waals surface area contributed by atoms with Crippen LogP contribution in [0.1, 0.15) is 40.5 Å². The molecule has 0 aromatic rings. The van der Waals surface area contributed by atoms with E-state index in [9.17, 15) is 4.79 Å². The highest BCUT2D eigenvalue weighted by molar-refractivity contribution is 5.91. The van der Waals surface area contributed by atoms with Crippen molar-refractivity contribution in [2.24, 2.45) is 10.5 Å². The van der Waals surface area contributed by atoms with E-state index < -0.39 is 0 Å². The summed E-state index contributed by atoms with van der Waals surface area (Å²) in [4.78, 5) is 11.4. The fourth-order valence-corrected chi connectivity index (χ4v) is 1.30. The van der Waals surface area contributed by atoms with Crippen LogP contribution in [0.4, 0.5) is 0 Å². The van der Waals surface area contributed by atoms with Gasteiger partial charge in [0, 0.05) is 18.7 Å². The molecule has 0 aromatic heterocycles. The molecule has 0 atom stereocenters. The molecule has 1 aliphatic heterocycles. The molecule has 13 heavy (non-hydrogen) atoms. The lowest BCUT2D eigenvalue weighted by molar-refractivity contribution is -0.133. The molecule has 1 heterocycles. The Labute approximate surface area is 79.8 Å². The van der Waals surface area contributed by atoms with Crippen LogP contribution in [0.3, 0.4) is 0 Å². The number of hydrazone groups is 1. The van der Waals surface area contributed by atoms with Crippen LogP contribution < -0.4 is 0 Å². The van der Waals surface area contributed by atoms with Gasteiger partial charge in [-0.2, -0.15) is 5.10 Å². The van der Waals surface area contributed by atoms with Crippen LogP contribution in [0.5, 0.6) is 0 Å². The van der Waals surface area contributed by atoms with Gasteiger partial charge in [-0.25, -0.2) is 5.01 Å². The standard InChI is InChI=1S/C10H18N2O/c1-8-5-6-9(13)12(11-8)7-10(2,3)4/h5-7H2,1-4H3. The number of hydrogen-bond donors (Lipinski definition) is 0. The third-order valence-electron chi connectivity index (χ3n) is 1.90. The Kier molecular flexibility index (Phi) is 2.74.